The number of rotatable bonds is 7. The normalized spacial score (nSPS) is 13.3. The average Bonchev–Trinajstić information content (AvgIpc) is 3.24. The van der Waals surface area contributed by atoms with Gasteiger partial charge in [-0.3, -0.25) is 14.9 Å². The largest absolute Gasteiger partial charge is 0.360 e. The number of nitrogens with zero attached hydrogens (tertiary/aromatic N) is 3. The summed E-state index contributed by atoms with van der Waals surface area (Å²) < 4.78 is 5.77. The SMILES string of the molecule is Cc1ccccc1NC(=O)CSc1nnc(NC(=O)c2cc(C3CC3)on2)s1. The maximum absolute atomic E-state index is 12.2. The van der Waals surface area contributed by atoms with Gasteiger partial charge in [0.05, 0.1) is 5.75 Å². The molecule has 0 aliphatic heterocycles. The minimum atomic E-state index is -0.388. The van der Waals surface area contributed by atoms with Gasteiger partial charge in [0.1, 0.15) is 5.76 Å². The Balaban J connectivity index is 1.28. The molecule has 10 heteroatoms. The standard InChI is InChI=1S/C18H17N5O3S2/c1-10-4-2-3-5-12(10)19-15(24)9-27-18-22-21-17(28-18)20-16(25)13-8-14(26-23-13)11-6-7-11/h2-5,8,11H,6-7,9H2,1H3,(H,19,24)(H,20,21,25). The second kappa shape index (κ2) is 8.11. The van der Waals surface area contributed by atoms with Gasteiger partial charge in [-0.1, -0.05) is 46.5 Å². The topological polar surface area (TPSA) is 110 Å². The lowest BCUT2D eigenvalue weighted by atomic mass is 10.2. The molecule has 0 unspecified atom stereocenters. The first-order valence-electron chi connectivity index (χ1n) is 8.68. The highest BCUT2D eigenvalue weighted by molar-refractivity contribution is 8.01. The molecule has 0 radical (unpaired) electrons. The lowest BCUT2D eigenvalue weighted by molar-refractivity contribution is -0.113. The molecule has 0 atom stereocenters. The van der Waals surface area contributed by atoms with Crippen LogP contribution in [0, 0.1) is 6.92 Å². The first-order valence-corrected chi connectivity index (χ1v) is 10.5. The number of aromatic nitrogens is 3. The molecule has 2 N–H and O–H groups in total. The van der Waals surface area contributed by atoms with Crippen molar-refractivity contribution in [1.82, 2.24) is 15.4 Å². The van der Waals surface area contributed by atoms with Gasteiger partial charge in [0, 0.05) is 17.7 Å². The van der Waals surface area contributed by atoms with Crippen LogP contribution in [0.25, 0.3) is 0 Å². The van der Waals surface area contributed by atoms with Gasteiger partial charge in [0.2, 0.25) is 11.0 Å². The summed E-state index contributed by atoms with van der Waals surface area (Å²) in [5.74, 6) is 0.823. The minimum absolute atomic E-state index is 0.129. The predicted molar refractivity (Wildman–Crippen MR) is 107 cm³/mol. The van der Waals surface area contributed by atoms with Gasteiger partial charge in [0.15, 0.2) is 10.0 Å². The van der Waals surface area contributed by atoms with Gasteiger partial charge >= 0.3 is 0 Å². The number of carbonyl (C=O) groups excluding carboxylic acids is 2. The number of anilines is 2. The number of amides is 2. The van der Waals surface area contributed by atoms with Crippen LogP contribution >= 0.6 is 23.1 Å². The third-order valence-corrected chi connectivity index (χ3v) is 6.09. The van der Waals surface area contributed by atoms with Crippen molar-refractivity contribution in [2.45, 2.75) is 30.0 Å². The van der Waals surface area contributed by atoms with Crippen molar-refractivity contribution in [3.8, 4) is 0 Å². The number of carbonyl (C=O) groups is 2. The molecule has 1 aliphatic carbocycles. The van der Waals surface area contributed by atoms with Crippen LogP contribution in [0.1, 0.15) is 40.6 Å². The van der Waals surface area contributed by atoms with Crippen molar-refractivity contribution in [3.05, 3.63) is 47.3 Å². The van der Waals surface area contributed by atoms with Gasteiger partial charge in [0.25, 0.3) is 5.91 Å². The molecule has 1 aliphatic rings. The Morgan fingerprint density at radius 3 is 2.86 bits per heavy atom. The fourth-order valence-corrected chi connectivity index (χ4v) is 4.01. The second-order valence-electron chi connectivity index (χ2n) is 6.37. The van der Waals surface area contributed by atoms with E-state index in [4.69, 9.17) is 4.52 Å². The Kier molecular flexibility index (Phi) is 5.40. The minimum Gasteiger partial charge on any atom is -0.360 e. The Labute approximate surface area is 169 Å². The van der Waals surface area contributed by atoms with Crippen molar-refractivity contribution < 1.29 is 14.1 Å². The summed E-state index contributed by atoms with van der Waals surface area (Å²) in [4.78, 5) is 24.3. The number of nitrogens with one attached hydrogen (secondary N) is 2. The molecule has 3 aromatic rings. The monoisotopic (exact) mass is 415 g/mol. The fourth-order valence-electron chi connectivity index (χ4n) is 2.46. The lowest BCUT2D eigenvalue weighted by Gasteiger charge is -2.06. The van der Waals surface area contributed by atoms with Gasteiger partial charge < -0.3 is 9.84 Å². The van der Waals surface area contributed by atoms with Crippen LogP contribution in [0.3, 0.4) is 0 Å². The molecule has 1 fully saturated rings. The van der Waals surface area contributed by atoms with Crippen LogP contribution in [0.5, 0.6) is 0 Å². The molecule has 0 saturated heterocycles. The maximum Gasteiger partial charge on any atom is 0.279 e. The number of thioether (sulfide) groups is 1. The highest BCUT2D eigenvalue weighted by Gasteiger charge is 2.29. The molecular formula is C18H17N5O3S2. The molecule has 2 aromatic heterocycles. The van der Waals surface area contributed by atoms with E-state index in [2.05, 4.69) is 26.0 Å². The van der Waals surface area contributed by atoms with Crippen molar-refractivity contribution in [2.24, 2.45) is 0 Å². The summed E-state index contributed by atoms with van der Waals surface area (Å²) in [6, 6.07) is 9.25. The van der Waals surface area contributed by atoms with E-state index in [0.717, 1.165) is 29.9 Å². The van der Waals surface area contributed by atoms with Crippen molar-refractivity contribution in [2.75, 3.05) is 16.4 Å². The highest BCUT2D eigenvalue weighted by atomic mass is 32.2. The van der Waals surface area contributed by atoms with E-state index in [9.17, 15) is 9.59 Å². The summed E-state index contributed by atoms with van der Waals surface area (Å²) in [6.07, 6.45) is 2.15. The van der Waals surface area contributed by atoms with E-state index in [-0.39, 0.29) is 23.3 Å². The molecule has 8 nitrogen and oxygen atoms in total. The quantitative estimate of drug-likeness (QED) is 0.447. The highest BCUT2D eigenvalue weighted by Crippen LogP contribution is 2.40. The Morgan fingerprint density at radius 1 is 1.25 bits per heavy atom. The van der Waals surface area contributed by atoms with E-state index in [1.165, 1.54) is 23.1 Å². The third-order valence-electron chi connectivity index (χ3n) is 4.11. The Bertz CT molecular complexity index is 1010. The van der Waals surface area contributed by atoms with Crippen LogP contribution in [-0.2, 0) is 4.79 Å². The summed E-state index contributed by atoms with van der Waals surface area (Å²) in [7, 11) is 0. The summed E-state index contributed by atoms with van der Waals surface area (Å²) in [6.45, 7) is 1.94. The zero-order valence-corrected chi connectivity index (χ0v) is 16.6. The zero-order valence-electron chi connectivity index (χ0n) is 15.0. The molecule has 2 amide bonds. The van der Waals surface area contributed by atoms with Gasteiger partial charge in [-0.25, -0.2) is 0 Å². The molecule has 28 heavy (non-hydrogen) atoms. The summed E-state index contributed by atoms with van der Waals surface area (Å²) in [5.41, 5.74) is 2.01. The van der Waals surface area contributed by atoms with Crippen LogP contribution in [0.15, 0.2) is 39.2 Å². The van der Waals surface area contributed by atoms with Crippen molar-refractivity contribution >= 4 is 45.7 Å². The lowest BCUT2D eigenvalue weighted by Crippen LogP contribution is -2.14. The molecule has 0 spiro atoms. The van der Waals surface area contributed by atoms with E-state index in [1.54, 1.807) is 6.07 Å². The molecule has 1 saturated carbocycles. The number of para-hydroxylation sites is 1. The third kappa shape index (κ3) is 4.57. The van der Waals surface area contributed by atoms with E-state index in [1.807, 2.05) is 31.2 Å². The number of benzene rings is 1. The van der Waals surface area contributed by atoms with Crippen LogP contribution in [-0.4, -0.2) is 32.9 Å². The molecular weight excluding hydrogens is 398 g/mol. The zero-order chi connectivity index (χ0) is 19.5. The molecule has 4 rings (SSSR count). The maximum atomic E-state index is 12.2. The van der Waals surface area contributed by atoms with E-state index in [0.29, 0.717) is 15.4 Å². The number of hydrogen-bond acceptors (Lipinski definition) is 8. The number of hydrogen-bond donors (Lipinski definition) is 2. The van der Waals surface area contributed by atoms with Crippen LogP contribution < -0.4 is 10.6 Å². The van der Waals surface area contributed by atoms with Crippen LogP contribution in [0.4, 0.5) is 10.8 Å². The first-order chi connectivity index (χ1) is 13.6. The predicted octanol–water partition coefficient (Wildman–Crippen LogP) is 3.70. The molecule has 0 bridgehead atoms. The second-order valence-corrected chi connectivity index (χ2v) is 8.57. The van der Waals surface area contributed by atoms with Crippen LogP contribution in [0.2, 0.25) is 0 Å². The molecule has 2 heterocycles. The van der Waals surface area contributed by atoms with E-state index >= 15 is 0 Å². The summed E-state index contributed by atoms with van der Waals surface area (Å²) in [5, 5.41) is 17.6. The fraction of sp³-hybridized carbons (Fsp3) is 0.278. The van der Waals surface area contributed by atoms with Crippen molar-refractivity contribution in [1.29, 1.82) is 0 Å². The van der Waals surface area contributed by atoms with Gasteiger partial charge in [-0.05, 0) is 31.4 Å². The number of aryl methyl sites for hydroxylation is 1. The van der Waals surface area contributed by atoms with Crippen molar-refractivity contribution in [3.63, 3.8) is 0 Å². The molecule has 1 aromatic carbocycles. The smallest absolute Gasteiger partial charge is 0.279 e. The van der Waals surface area contributed by atoms with E-state index < -0.39 is 0 Å². The average molecular weight is 416 g/mol. The van der Waals surface area contributed by atoms with Gasteiger partial charge in [-0.15, -0.1) is 10.2 Å². The first kappa shape index (κ1) is 18.6. The Morgan fingerprint density at radius 2 is 2.07 bits per heavy atom. The Hall–Kier alpha value is -2.72. The van der Waals surface area contributed by atoms with Gasteiger partial charge in [-0.2, -0.15) is 0 Å². The summed E-state index contributed by atoms with van der Waals surface area (Å²) >= 11 is 2.46. The molecule has 144 valence electrons.